The lowest BCUT2D eigenvalue weighted by atomic mass is 10.1. The van der Waals surface area contributed by atoms with Gasteiger partial charge in [0, 0.05) is 11.4 Å². The van der Waals surface area contributed by atoms with Gasteiger partial charge in [0.2, 0.25) is 0 Å². The van der Waals surface area contributed by atoms with E-state index in [1.807, 2.05) is 26.0 Å². The first-order chi connectivity index (χ1) is 9.01. The molecule has 1 N–H and O–H groups in total. The molecule has 0 heterocycles. The average Bonchev–Trinajstić information content (AvgIpc) is 2.36. The van der Waals surface area contributed by atoms with Gasteiger partial charge in [-0.25, -0.2) is 4.39 Å². The number of hydrogen-bond acceptors (Lipinski definition) is 2. The Kier molecular flexibility index (Phi) is 3.87. The highest BCUT2D eigenvalue weighted by molar-refractivity contribution is 9.10. The van der Waals surface area contributed by atoms with Crippen molar-refractivity contribution in [3.8, 4) is 6.07 Å². The lowest BCUT2D eigenvalue weighted by molar-refractivity contribution is 0.621. The second-order valence-corrected chi connectivity index (χ2v) is 5.20. The SMILES string of the molecule is Cc1cc(Nc2cc(F)c(Br)cc2C)ccc1C#N. The van der Waals surface area contributed by atoms with Crippen LogP contribution in [-0.4, -0.2) is 0 Å². The summed E-state index contributed by atoms with van der Waals surface area (Å²) in [7, 11) is 0. The van der Waals surface area contributed by atoms with Crippen LogP contribution in [0.5, 0.6) is 0 Å². The van der Waals surface area contributed by atoms with Crippen molar-refractivity contribution in [3.63, 3.8) is 0 Å². The normalized spacial score (nSPS) is 10.1. The van der Waals surface area contributed by atoms with Gasteiger partial charge in [-0.1, -0.05) is 0 Å². The number of nitrogens with zero attached hydrogens (tertiary/aromatic N) is 1. The molecule has 2 nitrogen and oxygen atoms in total. The van der Waals surface area contributed by atoms with Gasteiger partial charge in [-0.3, -0.25) is 0 Å². The fourth-order valence-corrected chi connectivity index (χ4v) is 2.26. The quantitative estimate of drug-likeness (QED) is 0.861. The number of nitrogens with one attached hydrogen (secondary N) is 1. The minimum absolute atomic E-state index is 0.307. The van der Waals surface area contributed by atoms with Crippen molar-refractivity contribution in [2.24, 2.45) is 0 Å². The Morgan fingerprint density at radius 3 is 2.53 bits per heavy atom. The number of hydrogen-bond donors (Lipinski definition) is 1. The molecule has 4 heteroatoms. The minimum Gasteiger partial charge on any atom is -0.355 e. The van der Waals surface area contributed by atoms with Crippen LogP contribution in [-0.2, 0) is 0 Å². The summed E-state index contributed by atoms with van der Waals surface area (Å²) in [6, 6.07) is 10.7. The van der Waals surface area contributed by atoms with Crippen LogP contribution in [0.1, 0.15) is 16.7 Å². The standard InChI is InChI=1S/C15H12BrFN2/c1-9-5-12(4-3-11(9)8-18)19-15-7-14(17)13(16)6-10(15)2/h3-7,19H,1-2H3. The molecule has 0 radical (unpaired) electrons. The largest absolute Gasteiger partial charge is 0.355 e. The third kappa shape index (κ3) is 2.94. The maximum absolute atomic E-state index is 13.5. The molecule has 0 amide bonds. The van der Waals surface area contributed by atoms with Crippen molar-refractivity contribution < 1.29 is 4.39 Å². The molecule has 2 aromatic carbocycles. The van der Waals surface area contributed by atoms with Gasteiger partial charge in [0.1, 0.15) is 5.82 Å². The molecule has 96 valence electrons. The van der Waals surface area contributed by atoms with Crippen molar-refractivity contribution in [2.75, 3.05) is 5.32 Å². The lowest BCUT2D eigenvalue weighted by Gasteiger charge is -2.11. The van der Waals surface area contributed by atoms with Gasteiger partial charge >= 0.3 is 0 Å². The summed E-state index contributed by atoms with van der Waals surface area (Å²) < 4.78 is 14.0. The topological polar surface area (TPSA) is 35.8 Å². The monoisotopic (exact) mass is 318 g/mol. The molecule has 0 aliphatic rings. The summed E-state index contributed by atoms with van der Waals surface area (Å²) in [6.07, 6.45) is 0. The summed E-state index contributed by atoms with van der Waals surface area (Å²) in [5, 5.41) is 12.0. The van der Waals surface area contributed by atoms with E-state index >= 15 is 0 Å². The Morgan fingerprint density at radius 1 is 1.16 bits per heavy atom. The van der Waals surface area contributed by atoms with Gasteiger partial charge in [-0.2, -0.15) is 5.26 Å². The highest BCUT2D eigenvalue weighted by atomic mass is 79.9. The summed E-state index contributed by atoms with van der Waals surface area (Å²) in [6.45, 7) is 3.78. The number of halogens is 2. The molecule has 19 heavy (non-hydrogen) atoms. The minimum atomic E-state index is -0.307. The predicted molar refractivity (Wildman–Crippen MR) is 78.0 cm³/mol. The van der Waals surface area contributed by atoms with Gasteiger partial charge in [-0.15, -0.1) is 0 Å². The Hall–Kier alpha value is -1.86. The molecule has 0 spiro atoms. The maximum atomic E-state index is 13.5. The first-order valence-electron chi connectivity index (χ1n) is 5.74. The van der Waals surface area contributed by atoms with Crippen molar-refractivity contribution >= 4 is 27.3 Å². The molecule has 2 rings (SSSR count). The Bertz CT molecular complexity index is 675. The Balaban J connectivity index is 2.34. The Labute approximate surface area is 120 Å². The van der Waals surface area contributed by atoms with Crippen molar-refractivity contribution in [3.05, 3.63) is 57.3 Å². The second-order valence-electron chi connectivity index (χ2n) is 4.35. The highest BCUT2D eigenvalue weighted by Gasteiger charge is 2.06. The molecule has 0 saturated heterocycles. The fraction of sp³-hybridized carbons (Fsp3) is 0.133. The van der Waals surface area contributed by atoms with E-state index in [0.717, 1.165) is 16.8 Å². The third-order valence-corrected chi connectivity index (χ3v) is 3.50. The van der Waals surface area contributed by atoms with Crippen molar-refractivity contribution in [2.45, 2.75) is 13.8 Å². The highest BCUT2D eigenvalue weighted by Crippen LogP contribution is 2.27. The second kappa shape index (κ2) is 5.41. The van der Waals surface area contributed by atoms with E-state index in [0.29, 0.717) is 15.7 Å². The lowest BCUT2D eigenvalue weighted by Crippen LogP contribution is -1.96. The van der Waals surface area contributed by atoms with Crippen LogP contribution in [0, 0.1) is 31.0 Å². The van der Waals surface area contributed by atoms with Crippen LogP contribution in [0.3, 0.4) is 0 Å². The number of nitriles is 1. The van der Waals surface area contributed by atoms with E-state index in [2.05, 4.69) is 27.3 Å². The number of benzene rings is 2. The van der Waals surface area contributed by atoms with E-state index < -0.39 is 0 Å². The summed E-state index contributed by atoms with van der Waals surface area (Å²) in [4.78, 5) is 0. The average molecular weight is 319 g/mol. The molecule has 0 aliphatic carbocycles. The third-order valence-electron chi connectivity index (χ3n) is 2.89. The van der Waals surface area contributed by atoms with E-state index in [9.17, 15) is 4.39 Å². The first-order valence-corrected chi connectivity index (χ1v) is 6.54. The number of anilines is 2. The molecule has 0 aromatic heterocycles. The summed E-state index contributed by atoms with van der Waals surface area (Å²) in [5.41, 5.74) is 4.02. The molecule has 2 aromatic rings. The van der Waals surface area contributed by atoms with Gasteiger partial charge in [0.15, 0.2) is 0 Å². The van der Waals surface area contributed by atoms with Gasteiger partial charge in [0.25, 0.3) is 0 Å². The zero-order valence-corrected chi connectivity index (χ0v) is 12.2. The van der Waals surface area contributed by atoms with Crippen LogP contribution in [0.15, 0.2) is 34.8 Å². The van der Waals surface area contributed by atoms with Crippen LogP contribution < -0.4 is 5.32 Å². The van der Waals surface area contributed by atoms with E-state index in [1.165, 1.54) is 6.07 Å². The molecule has 0 atom stereocenters. The Morgan fingerprint density at radius 2 is 1.89 bits per heavy atom. The van der Waals surface area contributed by atoms with Gasteiger partial charge in [0.05, 0.1) is 16.1 Å². The first kappa shape index (κ1) is 13.6. The van der Waals surface area contributed by atoms with Crippen molar-refractivity contribution in [1.29, 1.82) is 5.26 Å². The van der Waals surface area contributed by atoms with Gasteiger partial charge < -0.3 is 5.32 Å². The zero-order chi connectivity index (χ0) is 14.0. The van der Waals surface area contributed by atoms with E-state index in [1.54, 1.807) is 12.1 Å². The summed E-state index contributed by atoms with van der Waals surface area (Å²) in [5.74, 6) is -0.307. The molecular weight excluding hydrogens is 307 g/mol. The predicted octanol–water partition coefficient (Wildman–Crippen LogP) is 4.82. The van der Waals surface area contributed by atoms with E-state index in [4.69, 9.17) is 5.26 Å². The molecule has 0 aliphatic heterocycles. The number of aryl methyl sites for hydroxylation is 2. The van der Waals surface area contributed by atoms with Crippen LogP contribution in [0.4, 0.5) is 15.8 Å². The fourth-order valence-electron chi connectivity index (χ4n) is 1.80. The summed E-state index contributed by atoms with van der Waals surface area (Å²) >= 11 is 3.16. The molecular formula is C15H12BrFN2. The zero-order valence-electron chi connectivity index (χ0n) is 10.6. The maximum Gasteiger partial charge on any atom is 0.139 e. The van der Waals surface area contributed by atoms with E-state index in [-0.39, 0.29) is 5.82 Å². The van der Waals surface area contributed by atoms with Crippen LogP contribution >= 0.6 is 15.9 Å². The molecule has 0 saturated carbocycles. The molecule has 0 bridgehead atoms. The molecule has 0 fully saturated rings. The van der Waals surface area contributed by atoms with Crippen molar-refractivity contribution in [1.82, 2.24) is 0 Å². The smallest absolute Gasteiger partial charge is 0.139 e. The van der Waals surface area contributed by atoms with Gasteiger partial charge in [-0.05, 0) is 71.2 Å². The van der Waals surface area contributed by atoms with Crippen LogP contribution in [0.25, 0.3) is 0 Å². The van der Waals surface area contributed by atoms with Crippen LogP contribution in [0.2, 0.25) is 0 Å². The molecule has 0 unspecified atom stereocenters. The number of rotatable bonds is 2.